The first kappa shape index (κ1) is 13.0. The lowest BCUT2D eigenvalue weighted by Crippen LogP contribution is -2.02. The van der Waals surface area contributed by atoms with Gasteiger partial charge in [0.15, 0.2) is 0 Å². The standard InChI is InChI=1S/C12H11BrClN3O/c13-8-4-10(14)12(17-6-8)16-5-7-3-9(15)1-2-11(7)18/h1-4,6,18H,5,15H2,(H,16,17). The molecule has 1 aromatic carbocycles. The van der Waals surface area contributed by atoms with Crippen LogP contribution in [0.1, 0.15) is 5.56 Å². The summed E-state index contributed by atoms with van der Waals surface area (Å²) < 4.78 is 0.810. The van der Waals surface area contributed by atoms with Crippen LogP contribution in [-0.4, -0.2) is 10.1 Å². The Labute approximate surface area is 118 Å². The van der Waals surface area contributed by atoms with Crippen molar-refractivity contribution in [2.24, 2.45) is 0 Å². The second-order valence-corrected chi connectivity index (χ2v) is 5.05. The van der Waals surface area contributed by atoms with Gasteiger partial charge in [0.2, 0.25) is 0 Å². The van der Waals surface area contributed by atoms with Gasteiger partial charge in [-0.2, -0.15) is 0 Å². The molecule has 0 saturated carbocycles. The fourth-order valence-corrected chi connectivity index (χ4v) is 2.17. The summed E-state index contributed by atoms with van der Waals surface area (Å²) in [6.07, 6.45) is 1.65. The molecule has 2 aromatic rings. The first-order chi connectivity index (χ1) is 8.56. The number of benzene rings is 1. The van der Waals surface area contributed by atoms with E-state index in [1.54, 1.807) is 30.5 Å². The molecule has 2 rings (SSSR count). The highest BCUT2D eigenvalue weighted by Gasteiger charge is 2.05. The molecule has 0 aliphatic carbocycles. The van der Waals surface area contributed by atoms with E-state index in [2.05, 4.69) is 26.2 Å². The molecular formula is C12H11BrClN3O. The van der Waals surface area contributed by atoms with E-state index >= 15 is 0 Å². The van der Waals surface area contributed by atoms with Crippen LogP contribution in [0.2, 0.25) is 5.02 Å². The Balaban J connectivity index is 2.13. The summed E-state index contributed by atoms with van der Waals surface area (Å²) in [5, 5.41) is 13.2. The quantitative estimate of drug-likeness (QED) is 0.596. The first-order valence-corrected chi connectivity index (χ1v) is 6.35. The summed E-state index contributed by atoms with van der Waals surface area (Å²) in [6, 6.07) is 6.65. The van der Waals surface area contributed by atoms with Crippen molar-refractivity contribution in [1.29, 1.82) is 0 Å². The fourth-order valence-electron chi connectivity index (χ4n) is 1.47. The van der Waals surface area contributed by atoms with Gasteiger partial charge in [-0.1, -0.05) is 11.6 Å². The molecule has 6 heteroatoms. The third-order valence-electron chi connectivity index (χ3n) is 2.36. The smallest absolute Gasteiger partial charge is 0.145 e. The number of anilines is 2. The number of hydrogen-bond acceptors (Lipinski definition) is 4. The normalized spacial score (nSPS) is 10.3. The Bertz CT molecular complexity index is 577. The minimum atomic E-state index is 0.185. The molecule has 0 amide bonds. The van der Waals surface area contributed by atoms with Crippen LogP contribution in [0.25, 0.3) is 0 Å². The number of aromatic hydroxyl groups is 1. The molecule has 1 aromatic heterocycles. The molecule has 0 saturated heterocycles. The molecule has 0 unspecified atom stereocenters. The van der Waals surface area contributed by atoms with E-state index in [4.69, 9.17) is 17.3 Å². The second-order valence-electron chi connectivity index (χ2n) is 3.73. The number of aromatic nitrogens is 1. The van der Waals surface area contributed by atoms with Crippen LogP contribution < -0.4 is 11.1 Å². The number of nitrogens with two attached hydrogens (primary N) is 1. The van der Waals surface area contributed by atoms with Gasteiger partial charge in [-0.3, -0.25) is 0 Å². The molecule has 0 aliphatic rings. The zero-order chi connectivity index (χ0) is 13.1. The van der Waals surface area contributed by atoms with Gasteiger partial charge in [-0.15, -0.1) is 0 Å². The summed E-state index contributed by atoms with van der Waals surface area (Å²) in [6.45, 7) is 0.394. The molecule has 0 aliphatic heterocycles. The number of pyridine rings is 1. The summed E-state index contributed by atoms with van der Waals surface area (Å²) in [5.74, 6) is 0.742. The molecule has 0 fully saturated rings. The Morgan fingerprint density at radius 2 is 2.17 bits per heavy atom. The zero-order valence-corrected chi connectivity index (χ0v) is 11.7. The van der Waals surface area contributed by atoms with Crippen molar-refractivity contribution in [3.63, 3.8) is 0 Å². The van der Waals surface area contributed by atoms with Gasteiger partial charge in [0, 0.05) is 28.5 Å². The van der Waals surface area contributed by atoms with Gasteiger partial charge < -0.3 is 16.2 Å². The van der Waals surface area contributed by atoms with Crippen molar-refractivity contribution in [2.45, 2.75) is 6.54 Å². The van der Waals surface area contributed by atoms with Crippen molar-refractivity contribution >= 4 is 39.0 Å². The number of halogens is 2. The Kier molecular flexibility index (Phi) is 3.93. The van der Waals surface area contributed by atoms with Gasteiger partial charge in [0.1, 0.15) is 11.6 Å². The minimum absolute atomic E-state index is 0.185. The van der Waals surface area contributed by atoms with Crippen molar-refractivity contribution in [3.05, 3.63) is 45.5 Å². The molecule has 18 heavy (non-hydrogen) atoms. The lowest BCUT2D eigenvalue weighted by Gasteiger charge is -2.09. The molecule has 0 atom stereocenters. The van der Waals surface area contributed by atoms with Crippen molar-refractivity contribution in [3.8, 4) is 5.75 Å². The highest BCUT2D eigenvalue weighted by molar-refractivity contribution is 9.10. The van der Waals surface area contributed by atoms with Gasteiger partial charge in [0.25, 0.3) is 0 Å². The zero-order valence-electron chi connectivity index (χ0n) is 9.32. The predicted octanol–water partition coefficient (Wildman–Crippen LogP) is 3.40. The number of rotatable bonds is 3. The number of nitrogen functional groups attached to an aromatic ring is 1. The summed E-state index contributed by atoms with van der Waals surface area (Å²) in [5.41, 5.74) is 6.95. The molecular weight excluding hydrogens is 318 g/mol. The van der Waals surface area contributed by atoms with E-state index in [0.29, 0.717) is 28.6 Å². The van der Waals surface area contributed by atoms with Crippen molar-refractivity contribution in [1.82, 2.24) is 4.98 Å². The predicted molar refractivity (Wildman–Crippen MR) is 76.8 cm³/mol. The largest absolute Gasteiger partial charge is 0.508 e. The maximum Gasteiger partial charge on any atom is 0.145 e. The van der Waals surface area contributed by atoms with Crippen LogP contribution >= 0.6 is 27.5 Å². The van der Waals surface area contributed by atoms with Gasteiger partial charge in [0.05, 0.1) is 5.02 Å². The molecule has 4 N–H and O–H groups in total. The third-order valence-corrected chi connectivity index (χ3v) is 3.08. The maximum atomic E-state index is 9.67. The Morgan fingerprint density at radius 3 is 2.89 bits per heavy atom. The number of phenols is 1. The topological polar surface area (TPSA) is 71.2 Å². The Morgan fingerprint density at radius 1 is 1.39 bits per heavy atom. The van der Waals surface area contributed by atoms with Gasteiger partial charge in [-0.25, -0.2) is 4.98 Å². The van der Waals surface area contributed by atoms with Crippen LogP contribution in [0.5, 0.6) is 5.75 Å². The van der Waals surface area contributed by atoms with E-state index in [-0.39, 0.29) is 5.75 Å². The van der Waals surface area contributed by atoms with E-state index in [1.807, 2.05) is 0 Å². The lowest BCUT2D eigenvalue weighted by atomic mass is 10.2. The number of nitrogens with zero attached hydrogens (tertiary/aromatic N) is 1. The average Bonchev–Trinajstić information content (AvgIpc) is 2.32. The first-order valence-electron chi connectivity index (χ1n) is 5.18. The highest BCUT2D eigenvalue weighted by Crippen LogP contribution is 2.25. The lowest BCUT2D eigenvalue weighted by molar-refractivity contribution is 0.469. The molecule has 0 spiro atoms. The maximum absolute atomic E-state index is 9.67. The van der Waals surface area contributed by atoms with E-state index in [1.165, 1.54) is 0 Å². The van der Waals surface area contributed by atoms with Gasteiger partial charge >= 0.3 is 0 Å². The molecule has 4 nitrogen and oxygen atoms in total. The number of hydrogen-bond donors (Lipinski definition) is 3. The van der Waals surface area contributed by atoms with E-state index in [0.717, 1.165) is 4.47 Å². The van der Waals surface area contributed by atoms with Crippen LogP contribution in [0.4, 0.5) is 11.5 Å². The molecule has 0 radical (unpaired) electrons. The van der Waals surface area contributed by atoms with Crippen molar-refractivity contribution < 1.29 is 5.11 Å². The third kappa shape index (κ3) is 3.05. The average molecular weight is 329 g/mol. The summed E-state index contributed by atoms with van der Waals surface area (Å²) in [4.78, 5) is 4.14. The van der Waals surface area contributed by atoms with Crippen LogP contribution in [-0.2, 0) is 6.54 Å². The fraction of sp³-hybridized carbons (Fsp3) is 0.0833. The molecule has 1 heterocycles. The SMILES string of the molecule is Nc1ccc(O)c(CNc2ncc(Br)cc2Cl)c1. The highest BCUT2D eigenvalue weighted by atomic mass is 79.9. The van der Waals surface area contributed by atoms with Crippen LogP contribution in [0.3, 0.4) is 0 Å². The second kappa shape index (κ2) is 5.46. The van der Waals surface area contributed by atoms with Crippen molar-refractivity contribution in [2.75, 3.05) is 11.1 Å². The summed E-state index contributed by atoms with van der Waals surface area (Å²) >= 11 is 9.31. The van der Waals surface area contributed by atoms with Gasteiger partial charge in [-0.05, 0) is 40.2 Å². The van der Waals surface area contributed by atoms with E-state index in [9.17, 15) is 5.11 Å². The van der Waals surface area contributed by atoms with Crippen LogP contribution in [0.15, 0.2) is 34.9 Å². The number of nitrogens with one attached hydrogen (secondary N) is 1. The van der Waals surface area contributed by atoms with Crippen LogP contribution in [0, 0.1) is 0 Å². The van der Waals surface area contributed by atoms with E-state index < -0.39 is 0 Å². The monoisotopic (exact) mass is 327 g/mol. The molecule has 94 valence electrons. The molecule has 0 bridgehead atoms. The number of phenolic OH excluding ortho intramolecular Hbond substituents is 1. The Hall–Kier alpha value is -1.46. The minimum Gasteiger partial charge on any atom is -0.508 e. The summed E-state index contributed by atoms with van der Waals surface area (Å²) in [7, 11) is 0.